The third-order valence-electron chi connectivity index (χ3n) is 4.23. The number of halogens is 2. The van der Waals surface area contributed by atoms with Gasteiger partial charge in [-0.25, -0.2) is 8.78 Å². The highest BCUT2D eigenvalue weighted by Gasteiger charge is 2.18. The molecule has 0 saturated heterocycles. The second kappa shape index (κ2) is 8.16. The Bertz CT molecular complexity index is 462. The van der Waals surface area contributed by atoms with Crippen LogP contribution in [-0.2, 0) is 0 Å². The van der Waals surface area contributed by atoms with Crippen LogP contribution >= 0.6 is 0 Å². The Kier molecular flexibility index (Phi) is 6.21. The van der Waals surface area contributed by atoms with E-state index in [0.29, 0.717) is 18.3 Å². The zero-order valence-electron chi connectivity index (χ0n) is 12.7. The summed E-state index contributed by atoms with van der Waals surface area (Å²) < 4.78 is 31.2. The molecule has 21 heavy (non-hydrogen) atoms. The summed E-state index contributed by atoms with van der Waals surface area (Å²) in [5.41, 5.74) is 0. The van der Waals surface area contributed by atoms with Gasteiger partial charge in [-0.15, -0.1) is 0 Å². The Balaban J connectivity index is 1.70. The van der Waals surface area contributed by atoms with Crippen molar-refractivity contribution in [1.82, 2.24) is 0 Å². The number of hydrogen-bond donors (Lipinski definition) is 0. The molecule has 1 aliphatic carbocycles. The van der Waals surface area contributed by atoms with Gasteiger partial charge in [0.2, 0.25) is 0 Å². The smallest absolute Gasteiger partial charge is 0.162 e. The first-order chi connectivity index (χ1) is 10.2. The summed E-state index contributed by atoms with van der Waals surface area (Å²) in [7, 11) is 0. The zero-order valence-corrected chi connectivity index (χ0v) is 12.7. The van der Waals surface area contributed by atoms with Gasteiger partial charge in [0.15, 0.2) is 11.6 Å². The second-order valence-electron chi connectivity index (χ2n) is 5.88. The van der Waals surface area contributed by atoms with Crippen LogP contribution in [0, 0.1) is 23.5 Å². The van der Waals surface area contributed by atoms with Gasteiger partial charge in [-0.3, -0.25) is 0 Å². The van der Waals surface area contributed by atoms with Crippen LogP contribution in [0.2, 0.25) is 0 Å². The van der Waals surface area contributed by atoms with Crippen LogP contribution < -0.4 is 4.74 Å². The number of ether oxygens (including phenoxy) is 1. The first-order valence-corrected chi connectivity index (χ1v) is 7.93. The maximum absolute atomic E-state index is 13.0. The molecule has 2 rings (SSSR count). The van der Waals surface area contributed by atoms with Gasteiger partial charge in [-0.2, -0.15) is 0 Å². The van der Waals surface area contributed by atoms with E-state index in [2.05, 4.69) is 13.0 Å². The minimum absolute atomic E-state index is 0.366. The van der Waals surface area contributed by atoms with Gasteiger partial charge < -0.3 is 4.74 Å². The SMILES string of the molecule is CCCC1CCC(C=CCOc2ccc(F)c(F)c2)CC1. The van der Waals surface area contributed by atoms with E-state index >= 15 is 0 Å². The molecule has 1 aromatic carbocycles. The van der Waals surface area contributed by atoms with Crippen molar-refractivity contribution in [2.45, 2.75) is 45.4 Å². The Morgan fingerprint density at radius 3 is 2.57 bits per heavy atom. The van der Waals surface area contributed by atoms with Crippen molar-refractivity contribution in [3.63, 3.8) is 0 Å². The van der Waals surface area contributed by atoms with Crippen LogP contribution in [0.25, 0.3) is 0 Å². The fourth-order valence-corrected chi connectivity index (χ4v) is 3.04. The summed E-state index contributed by atoms with van der Waals surface area (Å²) in [5.74, 6) is 0.211. The summed E-state index contributed by atoms with van der Waals surface area (Å²) >= 11 is 0. The van der Waals surface area contributed by atoms with Crippen molar-refractivity contribution >= 4 is 0 Å². The fourth-order valence-electron chi connectivity index (χ4n) is 3.04. The minimum atomic E-state index is -0.870. The lowest BCUT2D eigenvalue weighted by molar-refractivity contribution is 0.292. The summed E-state index contributed by atoms with van der Waals surface area (Å²) in [4.78, 5) is 0. The zero-order chi connectivity index (χ0) is 15.1. The maximum atomic E-state index is 13.0. The average Bonchev–Trinajstić information content (AvgIpc) is 2.49. The Morgan fingerprint density at radius 2 is 1.90 bits per heavy atom. The molecule has 0 aromatic heterocycles. The molecular weight excluding hydrogens is 270 g/mol. The molecule has 0 amide bonds. The minimum Gasteiger partial charge on any atom is -0.489 e. The number of rotatable bonds is 6. The number of hydrogen-bond acceptors (Lipinski definition) is 1. The first-order valence-electron chi connectivity index (χ1n) is 7.93. The summed E-state index contributed by atoms with van der Waals surface area (Å²) in [6.45, 7) is 2.65. The van der Waals surface area contributed by atoms with Gasteiger partial charge >= 0.3 is 0 Å². The van der Waals surface area contributed by atoms with Crippen molar-refractivity contribution in [3.8, 4) is 5.75 Å². The van der Waals surface area contributed by atoms with Gasteiger partial charge in [0, 0.05) is 6.07 Å². The molecule has 116 valence electrons. The van der Waals surface area contributed by atoms with Gasteiger partial charge in [0.25, 0.3) is 0 Å². The highest BCUT2D eigenvalue weighted by atomic mass is 19.2. The standard InChI is InChI=1S/C18H24F2O/c1-2-4-14-6-8-15(9-7-14)5-3-12-21-16-10-11-17(19)18(20)13-16/h3,5,10-11,13-15H,2,4,6-9,12H2,1H3. The lowest BCUT2D eigenvalue weighted by Crippen LogP contribution is -2.13. The molecule has 1 aromatic rings. The van der Waals surface area contributed by atoms with Crippen LogP contribution in [0.3, 0.4) is 0 Å². The molecule has 0 heterocycles. The first kappa shape index (κ1) is 16.0. The molecule has 0 bridgehead atoms. The van der Waals surface area contributed by atoms with E-state index in [9.17, 15) is 8.78 Å². The third-order valence-corrected chi connectivity index (χ3v) is 4.23. The Hall–Kier alpha value is -1.38. The van der Waals surface area contributed by atoms with Crippen molar-refractivity contribution in [3.05, 3.63) is 42.0 Å². The normalized spacial score (nSPS) is 22.6. The topological polar surface area (TPSA) is 9.23 Å². The van der Waals surface area contributed by atoms with Gasteiger partial charge in [-0.05, 0) is 49.7 Å². The highest BCUT2D eigenvalue weighted by molar-refractivity contribution is 5.23. The molecule has 0 N–H and O–H groups in total. The molecule has 1 fully saturated rings. The van der Waals surface area contributed by atoms with E-state index in [1.165, 1.54) is 44.6 Å². The molecule has 0 atom stereocenters. The van der Waals surface area contributed by atoms with Crippen molar-refractivity contribution in [2.75, 3.05) is 6.61 Å². The van der Waals surface area contributed by atoms with Gasteiger partial charge in [0.1, 0.15) is 12.4 Å². The molecule has 1 nitrogen and oxygen atoms in total. The van der Waals surface area contributed by atoms with E-state index < -0.39 is 11.6 Å². The molecule has 0 radical (unpaired) electrons. The quantitative estimate of drug-likeness (QED) is 0.629. The lowest BCUT2D eigenvalue weighted by atomic mass is 9.80. The predicted octanol–water partition coefficient (Wildman–Crippen LogP) is 5.51. The van der Waals surface area contributed by atoms with Crippen molar-refractivity contribution in [2.24, 2.45) is 11.8 Å². The molecule has 3 heteroatoms. The van der Waals surface area contributed by atoms with E-state index in [1.807, 2.05) is 6.08 Å². The van der Waals surface area contributed by atoms with E-state index in [0.717, 1.165) is 18.1 Å². The van der Waals surface area contributed by atoms with Crippen LogP contribution in [0.1, 0.15) is 45.4 Å². The molecule has 0 spiro atoms. The Labute approximate surface area is 126 Å². The van der Waals surface area contributed by atoms with E-state index in [-0.39, 0.29) is 0 Å². The summed E-state index contributed by atoms with van der Waals surface area (Å²) in [6.07, 6.45) is 12.0. The fraction of sp³-hybridized carbons (Fsp3) is 0.556. The molecule has 0 aliphatic heterocycles. The van der Waals surface area contributed by atoms with Gasteiger partial charge in [0.05, 0.1) is 0 Å². The largest absolute Gasteiger partial charge is 0.489 e. The maximum Gasteiger partial charge on any atom is 0.162 e. The monoisotopic (exact) mass is 294 g/mol. The highest BCUT2D eigenvalue weighted by Crippen LogP contribution is 2.32. The summed E-state index contributed by atoms with van der Waals surface area (Å²) in [5, 5.41) is 0. The van der Waals surface area contributed by atoms with Crippen molar-refractivity contribution < 1.29 is 13.5 Å². The summed E-state index contributed by atoms with van der Waals surface area (Å²) in [6, 6.07) is 3.62. The molecular formula is C18H24F2O. The van der Waals surface area contributed by atoms with E-state index in [1.54, 1.807) is 0 Å². The number of benzene rings is 1. The number of allylic oxidation sites excluding steroid dienone is 1. The third kappa shape index (κ3) is 5.14. The molecule has 1 saturated carbocycles. The average molecular weight is 294 g/mol. The molecule has 0 unspecified atom stereocenters. The second-order valence-corrected chi connectivity index (χ2v) is 5.88. The Morgan fingerprint density at radius 1 is 1.14 bits per heavy atom. The lowest BCUT2D eigenvalue weighted by Gasteiger charge is -2.26. The van der Waals surface area contributed by atoms with Crippen LogP contribution in [0.15, 0.2) is 30.4 Å². The van der Waals surface area contributed by atoms with Crippen LogP contribution in [-0.4, -0.2) is 6.61 Å². The van der Waals surface area contributed by atoms with Crippen LogP contribution in [0.5, 0.6) is 5.75 Å². The van der Waals surface area contributed by atoms with Gasteiger partial charge in [-0.1, -0.05) is 31.9 Å². The predicted molar refractivity (Wildman–Crippen MR) is 81.3 cm³/mol. The van der Waals surface area contributed by atoms with E-state index in [4.69, 9.17) is 4.74 Å². The van der Waals surface area contributed by atoms with Crippen LogP contribution in [0.4, 0.5) is 8.78 Å². The van der Waals surface area contributed by atoms with Crippen molar-refractivity contribution in [1.29, 1.82) is 0 Å². The molecule has 1 aliphatic rings.